The number of rotatable bonds is 7. The molecule has 10 heteroatoms. The van der Waals surface area contributed by atoms with Crippen molar-refractivity contribution in [3.05, 3.63) is 47.4 Å². The molecular weight excluding hydrogens is 463 g/mol. The second-order valence-corrected chi connectivity index (χ2v) is 9.98. The molecule has 0 radical (unpaired) electrons. The first-order valence-electron chi connectivity index (χ1n) is 12.5. The Morgan fingerprint density at radius 1 is 1.25 bits per heavy atom. The molecule has 0 bridgehead atoms. The SMILES string of the molecule is Cc1cnc2c(C(=O)Nc3cc4c(cc3N3CCN(CC(C)F)CC3)OC(C(C)CO)C4)cnn2c1. The predicted octanol–water partition coefficient (Wildman–Crippen LogP) is 2.70. The van der Waals surface area contributed by atoms with Crippen LogP contribution in [0.25, 0.3) is 5.65 Å². The maximum atomic E-state index is 13.5. The first-order chi connectivity index (χ1) is 17.3. The number of nitrogens with zero attached hydrogens (tertiary/aromatic N) is 5. The van der Waals surface area contributed by atoms with E-state index in [4.69, 9.17) is 4.74 Å². The smallest absolute Gasteiger partial charge is 0.261 e. The molecule has 1 aromatic carbocycles. The number of ether oxygens (including phenoxy) is 1. The minimum atomic E-state index is -0.867. The summed E-state index contributed by atoms with van der Waals surface area (Å²) in [6.45, 7) is 8.83. The second-order valence-electron chi connectivity index (χ2n) is 9.98. The fraction of sp³-hybridized carbons (Fsp3) is 0.500. The van der Waals surface area contributed by atoms with Crippen LogP contribution in [-0.4, -0.2) is 82.1 Å². The summed E-state index contributed by atoms with van der Waals surface area (Å²) < 4.78 is 21.3. The number of hydrogen-bond acceptors (Lipinski definition) is 7. The Morgan fingerprint density at radius 2 is 2.03 bits per heavy atom. The van der Waals surface area contributed by atoms with Crippen LogP contribution < -0.4 is 15.0 Å². The Kier molecular flexibility index (Phi) is 6.81. The number of alkyl halides is 1. The van der Waals surface area contributed by atoms with Gasteiger partial charge in [-0.05, 0) is 25.5 Å². The molecule has 3 atom stereocenters. The number of aryl methyl sites for hydroxylation is 1. The van der Waals surface area contributed by atoms with Crippen molar-refractivity contribution in [2.75, 3.05) is 49.5 Å². The van der Waals surface area contributed by atoms with Crippen LogP contribution >= 0.6 is 0 Å². The Labute approximate surface area is 209 Å². The highest BCUT2D eigenvalue weighted by Crippen LogP contribution is 2.40. The minimum absolute atomic E-state index is 0.00144. The Bertz CT molecular complexity index is 1250. The second kappa shape index (κ2) is 10.0. The quantitative estimate of drug-likeness (QED) is 0.519. The summed E-state index contributed by atoms with van der Waals surface area (Å²) in [5.74, 6) is 0.492. The van der Waals surface area contributed by atoms with E-state index in [1.165, 1.54) is 6.20 Å². The van der Waals surface area contributed by atoms with E-state index in [-0.39, 0.29) is 24.5 Å². The predicted molar refractivity (Wildman–Crippen MR) is 136 cm³/mol. The van der Waals surface area contributed by atoms with Crippen LogP contribution in [0.4, 0.5) is 15.8 Å². The summed E-state index contributed by atoms with van der Waals surface area (Å²) in [7, 11) is 0. The lowest BCUT2D eigenvalue weighted by molar-refractivity contribution is 0.102. The molecule has 36 heavy (non-hydrogen) atoms. The van der Waals surface area contributed by atoms with Crippen LogP contribution in [0.15, 0.2) is 30.7 Å². The monoisotopic (exact) mass is 496 g/mol. The first kappa shape index (κ1) is 24.5. The molecule has 3 aromatic rings. The summed E-state index contributed by atoms with van der Waals surface area (Å²) >= 11 is 0. The fourth-order valence-electron chi connectivity index (χ4n) is 4.95. The van der Waals surface area contributed by atoms with Crippen molar-refractivity contribution < 1.29 is 19.0 Å². The number of anilines is 2. The van der Waals surface area contributed by atoms with Crippen LogP contribution in [0.3, 0.4) is 0 Å². The number of aliphatic hydroxyl groups excluding tert-OH is 1. The zero-order valence-corrected chi connectivity index (χ0v) is 20.9. The average Bonchev–Trinajstić information content (AvgIpc) is 3.46. The number of carbonyl (C=O) groups excluding carboxylic acids is 1. The highest BCUT2D eigenvalue weighted by atomic mass is 19.1. The third-order valence-corrected chi connectivity index (χ3v) is 7.00. The van der Waals surface area contributed by atoms with Gasteiger partial charge in [-0.1, -0.05) is 6.92 Å². The van der Waals surface area contributed by atoms with Crippen LogP contribution in [0.1, 0.15) is 35.3 Å². The van der Waals surface area contributed by atoms with Crippen LogP contribution in [0.5, 0.6) is 5.75 Å². The summed E-state index contributed by atoms with van der Waals surface area (Å²) in [5, 5.41) is 17.0. The molecule has 1 fully saturated rings. The number of carbonyl (C=O) groups is 1. The zero-order valence-electron chi connectivity index (χ0n) is 20.9. The lowest BCUT2D eigenvalue weighted by Crippen LogP contribution is -2.48. The van der Waals surface area contributed by atoms with Crippen molar-refractivity contribution >= 4 is 22.9 Å². The van der Waals surface area contributed by atoms with E-state index in [0.717, 1.165) is 35.7 Å². The summed E-state index contributed by atoms with van der Waals surface area (Å²) in [6, 6.07) is 3.96. The highest BCUT2D eigenvalue weighted by Gasteiger charge is 2.31. The molecule has 0 saturated carbocycles. The van der Waals surface area contributed by atoms with Gasteiger partial charge in [0.05, 0.1) is 17.6 Å². The molecule has 2 aromatic heterocycles. The number of nitrogens with one attached hydrogen (secondary N) is 1. The molecule has 9 nitrogen and oxygen atoms in total. The molecule has 2 N–H and O–H groups in total. The molecule has 1 amide bonds. The van der Waals surface area contributed by atoms with Crippen molar-refractivity contribution in [1.82, 2.24) is 19.5 Å². The fourth-order valence-corrected chi connectivity index (χ4v) is 4.95. The number of aliphatic hydroxyl groups is 1. The Morgan fingerprint density at radius 3 is 2.75 bits per heavy atom. The molecule has 192 valence electrons. The normalized spacial score (nSPS) is 19.7. The van der Waals surface area contributed by atoms with Gasteiger partial charge in [0, 0.05) is 75.7 Å². The minimum Gasteiger partial charge on any atom is -0.489 e. The van der Waals surface area contributed by atoms with E-state index in [2.05, 4.69) is 25.2 Å². The van der Waals surface area contributed by atoms with Crippen LogP contribution in [0, 0.1) is 12.8 Å². The van der Waals surface area contributed by atoms with Crippen LogP contribution in [-0.2, 0) is 6.42 Å². The molecule has 4 heterocycles. The Balaban J connectivity index is 1.43. The summed E-state index contributed by atoms with van der Waals surface area (Å²) in [5.41, 5.74) is 4.40. The van der Waals surface area contributed by atoms with Gasteiger partial charge in [0.2, 0.25) is 0 Å². The zero-order chi connectivity index (χ0) is 25.4. The van der Waals surface area contributed by atoms with E-state index >= 15 is 0 Å². The molecule has 5 rings (SSSR count). The van der Waals surface area contributed by atoms with Crippen molar-refractivity contribution in [2.24, 2.45) is 5.92 Å². The van der Waals surface area contributed by atoms with Gasteiger partial charge in [0.1, 0.15) is 23.6 Å². The Hall–Kier alpha value is -3.24. The molecule has 2 aliphatic heterocycles. The van der Waals surface area contributed by atoms with Gasteiger partial charge in [-0.2, -0.15) is 5.10 Å². The van der Waals surface area contributed by atoms with Crippen molar-refractivity contribution in [2.45, 2.75) is 39.5 Å². The third kappa shape index (κ3) is 4.87. The molecule has 1 saturated heterocycles. The van der Waals surface area contributed by atoms with Gasteiger partial charge >= 0.3 is 0 Å². The number of aromatic nitrogens is 3. The number of fused-ring (bicyclic) bond motifs is 2. The van der Waals surface area contributed by atoms with Gasteiger partial charge in [-0.25, -0.2) is 13.9 Å². The van der Waals surface area contributed by atoms with Gasteiger partial charge in [0.25, 0.3) is 5.91 Å². The van der Waals surface area contributed by atoms with Gasteiger partial charge in [-0.3, -0.25) is 9.69 Å². The lowest BCUT2D eigenvalue weighted by Gasteiger charge is -2.37. The van der Waals surface area contributed by atoms with Crippen molar-refractivity contribution in [3.63, 3.8) is 0 Å². The maximum absolute atomic E-state index is 13.5. The summed E-state index contributed by atoms with van der Waals surface area (Å²) in [6.07, 6.45) is 4.76. The van der Waals surface area contributed by atoms with E-state index < -0.39 is 6.17 Å². The molecule has 0 aliphatic carbocycles. The number of halogens is 1. The molecular formula is C26H33FN6O3. The van der Waals surface area contributed by atoms with Crippen molar-refractivity contribution in [1.29, 1.82) is 0 Å². The molecule has 2 aliphatic rings. The van der Waals surface area contributed by atoms with Crippen molar-refractivity contribution in [3.8, 4) is 5.75 Å². The number of amides is 1. The average molecular weight is 497 g/mol. The van der Waals surface area contributed by atoms with E-state index in [9.17, 15) is 14.3 Å². The maximum Gasteiger partial charge on any atom is 0.261 e. The third-order valence-electron chi connectivity index (χ3n) is 7.00. The van der Waals surface area contributed by atoms with Gasteiger partial charge < -0.3 is 20.1 Å². The first-order valence-corrected chi connectivity index (χ1v) is 12.5. The van der Waals surface area contributed by atoms with E-state index in [1.54, 1.807) is 17.6 Å². The number of hydrogen-bond donors (Lipinski definition) is 2. The van der Waals surface area contributed by atoms with Gasteiger partial charge in [0.15, 0.2) is 5.65 Å². The summed E-state index contributed by atoms with van der Waals surface area (Å²) in [4.78, 5) is 22.1. The highest BCUT2D eigenvalue weighted by molar-refractivity contribution is 6.09. The van der Waals surface area contributed by atoms with E-state index in [0.29, 0.717) is 43.0 Å². The standard InChI is InChI=1S/C26H33FN6O3/c1-16-11-28-25-20(12-29-33(25)13-16)26(35)30-21-8-19-9-23(17(2)15-34)36-24(19)10-22(21)32-6-4-31(5-7-32)14-18(3)27/h8,10-13,17-18,23,34H,4-7,9,14-15H2,1-3H3,(H,30,35). The lowest BCUT2D eigenvalue weighted by atomic mass is 10.00. The number of piperazine rings is 1. The molecule has 0 spiro atoms. The molecule has 3 unspecified atom stereocenters. The van der Waals surface area contributed by atoms with Crippen LogP contribution in [0.2, 0.25) is 0 Å². The van der Waals surface area contributed by atoms with E-state index in [1.807, 2.05) is 32.2 Å². The number of benzene rings is 1. The largest absolute Gasteiger partial charge is 0.489 e. The van der Waals surface area contributed by atoms with Gasteiger partial charge in [-0.15, -0.1) is 0 Å². The topological polar surface area (TPSA) is 95.2 Å².